The summed E-state index contributed by atoms with van der Waals surface area (Å²) in [5.74, 6) is 0.0604. The highest BCUT2D eigenvalue weighted by molar-refractivity contribution is 7.09. The van der Waals surface area contributed by atoms with Crippen LogP contribution in [0.15, 0.2) is 5.38 Å². The molecule has 6 heteroatoms. The van der Waals surface area contributed by atoms with Gasteiger partial charge in [-0.2, -0.15) is 0 Å². The lowest BCUT2D eigenvalue weighted by Crippen LogP contribution is -2.49. The van der Waals surface area contributed by atoms with Gasteiger partial charge in [-0.05, 0) is 19.8 Å². The summed E-state index contributed by atoms with van der Waals surface area (Å²) in [6.07, 6.45) is 2.20. The third-order valence-electron chi connectivity index (χ3n) is 3.66. The predicted octanol–water partition coefficient (Wildman–Crippen LogP) is 0.866. The van der Waals surface area contributed by atoms with Crippen LogP contribution in [0.2, 0.25) is 0 Å². The summed E-state index contributed by atoms with van der Waals surface area (Å²) in [4.78, 5) is 16.7. The number of hydrogen-bond acceptors (Lipinski definition) is 5. The number of nitrogens with zero attached hydrogens (tertiary/aromatic N) is 1. The lowest BCUT2D eigenvalue weighted by atomic mass is 9.79. The zero-order chi connectivity index (χ0) is 13.7. The van der Waals surface area contributed by atoms with E-state index < -0.39 is 5.41 Å². The molecule has 106 valence electrons. The van der Waals surface area contributed by atoms with E-state index in [0.29, 0.717) is 39.1 Å². The van der Waals surface area contributed by atoms with Gasteiger partial charge in [-0.3, -0.25) is 4.79 Å². The highest BCUT2D eigenvalue weighted by Gasteiger charge is 2.38. The van der Waals surface area contributed by atoms with Crippen LogP contribution in [0.25, 0.3) is 0 Å². The third-order valence-corrected chi connectivity index (χ3v) is 4.48. The molecule has 1 fully saturated rings. The number of carbonyl (C=O) groups excluding carboxylic acids is 1. The smallest absolute Gasteiger partial charge is 0.227 e. The van der Waals surface area contributed by atoms with Crippen molar-refractivity contribution < 1.29 is 9.53 Å². The van der Waals surface area contributed by atoms with Crippen LogP contribution in [0.4, 0.5) is 0 Å². The average molecular weight is 283 g/mol. The molecule has 0 unspecified atom stereocenters. The van der Waals surface area contributed by atoms with Crippen molar-refractivity contribution >= 4 is 17.2 Å². The molecule has 0 atom stereocenters. The second-order valence-corrected chi connectivity index (χ2v) is 6.02. The Morgan fingerprint density at radius 1 is 1.58 bits per heavy atom. The van der Waals surface area contributed by atoms with Crippen LogP contribution in [-0.2, 0) is 16.0 Å². The SMILES string of the molecule is Cc1nc(CCNC(=O)C2(CN)CCOCC2)cs1. The second-order valence-electron chi connectivity index (χ2n) is 4.96. The summed E-state index contributed by atoms with van der Waals surface area (Å²) in [5.41, 5.74) is 6.40. The molecule has 0 bridgehead atoms. The van der Waals surface area contributed by atoms with Crippen molar-refractivity contribution in [1.29, 1.82) is 0 Å². The van der Waals surface area contributed by atoms with Crippen LogP contribution in [0.3, 0.4) is 0 Å². The minimum absolute atomic E-state index is 0.0604. The molecule has 3 N–H and O–H groups in total. The van der Waals surface area contributed by atoms with Gasteiger partial charge < -0.3 is 15.8 Å². The van der Waals surface area contributed by atoms with Crippen molar-refractivity contribution in [3.05, 3.63) is 16.1 Å². The molecule has 0 spiro atoms. The first-order valence-electron chi connectivity index (χ1n) is 6.63. The fourth-order valence-corrected chi connectivity index (χ4v) is 2.95. The Morgan fingerprint density at radius 3 is 2.89 bits per heavy atom. The molecule has 2 heterocycles. The Bertz CT molecular complexity index is 427. The molecule has 0 saturated carbocycles. The monoisotopic (exact) mass is 283 g/mol. The lowest BCUT2D eigenvalue weighted by Gasteiger charge is -2.34. The predicted molar refractivity (Wildman–Crippen MR) is 75.1 cm³/mol. The molecule has 5 nitrogen and oxygen atoms in total. The van der Waals surface area contributed by atoms with E-state index in [-0.39, 0.29) is 5.91 Å². The third kappa shape index (κ3) is 3.52. The fraction of sp³-hybridized carbons (Fsp3) is 0.692. The van der Waals surface area contributed by atoms with Crippen LogP contribution >= 0.6 is 11.3 Å². The van der Waals surface area contributed by atoms with Crippen molar-refractivity contribution in [3.63, 3.8) is 0 Å². The van der Waals surface area contributed by atoms with Crippen LogP contribution in [0.5, 0.6) is 0 Å². The quantitative estimate of drug-likeness (QED) is 0.840. The summed E-state index contributed by atoms with van der Waals surface area (Å²) >= 11 is 1.63. The van der Waals surface area contributed by atoms with Gasteiger partial charge in [0.2, 0.25) is 5.91 Å². The zero-order valence-electron chi connectivity index (χ0n) is 11.3. The number of amides is 1. The van der Waals surface area contributed by atoms with Crippen molar-refractivity contribution in [2.45, 2.75) is 26.2 Å². The van der Waals surface area contributed by atoms with E-state index in [9.17, 15) is 4.79 Å². The van der Waals surface area contributed by atoms with E-state index in [0.717, 1.165) is 17.1 Å². The van der Waals surface area contributed by atoms with E-state index in [1.807, 2.05) is 12.3 Å². The van der Waals surface area contributed by atoms with Crippen molar-refractivity contribution in [3.8, 4) is 0 Å². The number of hydrogen-bond donors (Lipinski definition) is 2. The minimum atomic E-state index is -0.434. The highest BCUT2D eigenvalue weighted by Crippen LogP contribution is 2.29. The molecule has 1 aliphatic heterocycles. The molecule has 0 aliphatic carbocycles. The van der Waals surface area contributed by atoms with Gasteiger partial charge in [0.15, 0.2) is 0 Å². The standard InChI is InChI=1S/C13H21N3O2S/c1-10-16-11(8-19-10)2-5-15-12(17)13(9-14)3-6-18-7-4-13/h8H,2-7,9,14H2,1H3,(H,15,17). The van der Waals surface area contributed by atoms with Gasteiger partial charge in [0.1, 0.15) is 0 Å². The molecule has 1 aliphatic rings. The maximum absolute atomic E-state index is 12.3. The largest absolute Gasteiger partial charge is 0.381 e. The molecule has 0 radical (unpaired) electrons. The first-order valence-corrected chi connectivity index (χ1v) is 7.51. The Kier molecular flexibility index (Phi) is 4.90. The molecule has 2 rings (SSSR count). The van der Waals surface area contributed by atoms with Crippen LogP contribution < -0.4 is 11.1 Å². The fourth-order valence-electron chi connectivity index (χ4n) is 2.30. The van der Waals surface area contributed by atoms with Gasteiger partial charge in [0.25, 0.3) is 0 Å². The van der Waals surface area contributed by atoms with E-state index in [4.69, 9.17) is 10.5 Å². The molecular weight excluding hydrogens is 262 g/mol. The number of nitrogens with two attached hydrogens (primary N) is 1. The van der Waals surface area contributed by atoms with Gasteiger partial charge in [-0.15, -0.1) is 11.3 Å². The molecular formula is C13H21N3O2S. The Labute approximate surface area is 117 Å². The summed E-state index contributed by atoms with van der Waals surface area (Å²) in [5, 5.41) is 6.09. The normalized spacial score (nSPS) is 18.2. The van der Waals surface area contributed by atoms with E-state index in [2.05, 4.69) is 10.3 Å². The average Bonchev–Trinajstić information content (AvgIpc) is 2.85. The van der Waals surface area contributed by atoms with Crippen molar-refractivity contribution in [2.75, 3.05) is 26.3 Å². The maximum atomic E-state index is 12.3. The molecule has 1 aromatic heterocycles. The Balaban J connectivity index is 1.82. The van der Waals surface area contributed by atoms with Crippen LogP contribution in [0, 0.1) is 12.3 Å². The van der Waals surface area contributed by atoms with Crippen LogP contribution in [-0.4, -0.2) is 37.2 Å². The van der Waals surface area contributed by atoms with Gasteiger partial charge >= 0.3 is 0 Å². The maximum Gasteiger partial charge on any atom is 0.227 e. The number of nitrogens with one attached hydrogen (secondary N) is 1. The molecule has 0 aromatic carbocycles. The molecule has 1 aromatic rings. The van der Waals surface area contributed by atoms with Gasteiger partial charge in [-0.25, -0.2) is 4.98 Å². The van der Waals surface area contributed by atoms with E-state index in [1.165, 1.54) is 0 Å². The topological polar surface area (TPSA) is 77.2 Å². The Morgan fingerprint density at radius 2 is 2.32 bits per heavy atom. The van der Waals surface area contributed by atoms with E-state index >= 15 is 0 Å². The summed E-state index contributed by atoms with van der Waals surface area (Å²) in [6, 6.07) is 0. The second kappa shape index (κ2) is 6.45. The lowest BCUT2D eigenvalue weighted by molar-refractivity contribution is -0.135. The first kappa shape index (κ1) is 14.4. The first-order chi connectivity index (χ1) is 9.16. The van der Waals surface area contributed by atoms with Crippen LogP contribution in [0.1, 0.15) is 23.5 Å². The number of carbonyl (C=O) groups is 1. The molecule has 1 amide bonds. The summed E-state index contributed by atoms with van der Waals surface area (Å²) < 4.78 is 5.31. The molecule has 1 saturated heterocycles. The van der Waals surface area contributed by atoms with Gasteiger partial charge in [0.05, 0.1) is 16.1 Å². The minimum Gasteiger partial charge on any atom is -0.381 e. The van der Waals surface area contributed by atoms with E-state index in [1.54, 1.807) is 11.3 Å². The zero-order valence-corrected chi connectivity index (χ0v) is 12.1. The van der Waals surface area contributed by atoms with Gasteiger partial charge in [0, 0.05) is 38.1 Å². The highest BCUT2D eigenvalue weighted by atomic mass is 32.1. The summed E-state index contributed by atoms with van der Waals surface area (Å²) in [7, 11) is 0. The number of rotatable bonds is 5. The number of ether oxygens (including phenoxy) is 1. The number of thiazole rings is 1. The summed E-state index contributed by atoms with van der Waals surface area (Å²) in [6.45, 7) is 4.23. The van der Waals surface area contributed by atoms with Gasteiger partial charge in [-0.1, -0.05) is 0 Å². The van der Waals surface area contributed by atoms with Crippen molar-refractivity contribution in [2.24, 2.45) is 11.1 Å². The molecule has 19 heavy (non-hydrogen) atoms. The number of aryl methyl sites for hydroxylation is 1. The number of aromatic nitrogens is 1. The van der Waals surface area contributed by atoms with Crippen molar-refractivity contribution in [1.82, 2.24) is 10.3 Å². The Hall–Kier alpha value is -0.980.